The number of likely N-dealkylation sites (tertiary alicyclic amines) is 1. The molecule has 1 fully saturated rings. The molecule has 1 aliphatic heterocycles. The molecule has 128 valence electrons. The lowest BCUT2D eigenvalue weighted by atomic mass is 10.2. The Hall–Kier alpha value is -2.32. The minimum atomic E-state index is -0.601. The van der Waals surface area contributed by atoms with Gasteiger partial charge in [0.05, 0.1) is 24.5 Å². The van der Waals surface area contributed by atoms with Crippen molar-refractivity contribution in [2.45, 2.75) is 38.6 Å². The van der Waals surface area contributed by atoms with Crippen LogP contribution >= 0.6 is 0 Å². The van der Waals surface area contributed by atoms with Crippen molar-refractivity contribution in [2.75, 3.05) is 13.1 Å². The zero-order chi connectivity index (χ0) is 16.9. The zero-order valence-electron chi connectivity index (χ0n) is 13.7. The molecule has 0 spiro atoms. The number of aromatic nitrogens is 4. The van der Waals surface area contributed by atoms with Crippen LogP contribution in [-0.2, 0) is 13.1 Å². The molecule has 1 amide bonds. The van der Waals surface area contributed by atoms with Gasteiger partial charge in [0.2, 0.25) is 0 Å². The van der Waals surface area contributed by atoms with Gasteiger partial charge in [-0.3, -0.25) is 19.4 Å². The maximum Gasteiger partial charge on any atom is 0.271 e. The Morgan fingerprint density at radius 2 is 2.25 bits per heavy atom. The Labute approximate surface area is 140 Å². The van der Waals surface area contributed by atoms with Crippen LogP contribution in [0, 0.1) is 0 Å². The predicted octanol–water partition coefficient (Wildman–Crippen LogP) is 0.0582. The fraction of sp³-hybridized carbons (Fsp3) is 0.500. The van der Waals surface area contributed by atoms with E-state index in [1.54, 1.807) is 0 Å². The first-order chi connectivity index (χ1) is 11.7. The highest BCUT2D eigenvalue weighted by molar-refractivity contribution is 5.92. The van der Waals surface area contributed by atoms with E-state index in [2.05, 4.69) is 32.2 Å². The molecule has 0 aliphatic carbocycles. The van der Waals surface area contributed by atoms with E-state index in [9.17, 15) is 9.90 Å². The summed E-state index contributed by atoms with van der Waals surface area (Å²) in [6.45, 7) is 4.83. The third kappa shape index (κ3) is 3.95. The van der Waals surface area contributed by atoms with Gasteiger partial charge in [-0.2, -0.15) is 5.10 Å². The number of nitrogens with zero attached hydrogens (tertiary/aromatic N) is 5. The van der Waals surface area contributed by atoms with Crippen LogP contribution in [0.25, 0.3) is 0 Å². The van der Waals surface area contributed by atoms with Crippen molar-refractivity contribution in [3.05, 3.63) is 42.2 Å². The molecule has 2 N–H and O–H groups in total. The van der Waals surface area contributed by atoms with Crippen LogP contribution in [0.5, 0.6) is 0 Å². The summed E-state index contributed by atoms with van der Waals surface area (Å²) in [6, 6.07) is -0.315. The molecule has 0 bridgehead atoms. The summed E-state index contributed by atoms with van der Waals surface area (Å²) in [5.74, 6) is -0.315. The highest BCUT2D eigenvalue weighted by atomic mass is 16.3. The molecule has 8 nitrogen and oxygen atoms in total. The van der Waals surface area contributed by atoms with E-state index < -0.39 is 6.10 Å². The van der Waals surface area contributed by atoms with E-state index in [0.29, 0.717) is 19.6 Å². The van der Waals surface area contributed by atoms with Gasteiger partial charge < -0.3 is 10.4 Å². The van der Waals surface area contributed by atoms with Crippen molar-refractivity contribution in [3.63, 3.8) is 0 Å². The van der Waals surface area contributed by atoms with Crippen molar-refractivity contribution in [3.8, 4) is 0 Å². The lowest BCUT2D eigenvalue weighted by Gasteiger charge is -2.16. The van der Waals surface area contributed by atoms with Crippen molar-refractivity contribution in [2.24, 2.45) is 0 Å². The summed E-state index contributed by atoms with van der Waals surface area (Å²) in [6.07, 6.45) is 8.73. The molecule has 0 aromatic carbocycles. The second-order valence-electron chi connectivity index (χ2n) is 6.04. The number of β-amino-alcohol motifs (C(OH)–C–C–N with tert-alkyl or cyclic N) is 1. The van der Waals surface area contributed by atoms with Crippen LogP contribution in [-0.4, -0.2) is 60.9 Å². The van der Waals surface area contributed by atoms with E-state index in [1.807, 2.05) is 17.1 Å². The quantitative estimate of drug-likeness (QED) is 0.777. The summed E-state index contributed by atoms with van der Waals surface area (Å²) in [5, 5.41) is 17.4. The standard InChI is InChI=1S/C16H22N6O2/c1-2-5-22-9-12(6-19-22)8-21-10-14(15(23)11-21)20-16(24)13-7-17-3-4-18-13/h3-4,6-7,9,14-15,23H,2,5,8,10-11H2,1H3,(H,20,24)/t14-,15-/m1/s1. The first kappa shape index (κ1) is 16.5. The molecule has 3 heterocycles. The van der Waals surface area contributed by atoms with Gasteiger partial charge in [0.15, 0.2) is 0 Å². The Morgan fingerprint density at radius 3 is 3.00 bits per heavy atom. The second kappa shape index (κ2) is 7.50. The van der Waals surface area contributed by atoms with E-state index in [0.717, 1.165) is 18.5 Å². The smallest absolute Gasteiger partial charge is 0.271 e. The predicted molar refractivity (Wildman–Crippen MR) is 87.1 cm³/mol. The van der Waals surface area contributed by atoms with E-state index in [1.165, 1.54) is 18.6 Å². The van der Waals surface area contributed by atoms with E-state index in [4.69, 9.17) is 0 Å². The average Bonchev–Trinajstić information content (AvgIpc) is 3.16. The third-order valence-corrected chi connectivity index (χ3v) is 4.02. The Bertz CT molecular complexity index is 674. The Kier molecular flexibility index (Phi) is 5.17. The maximum absolute atomic E-state index is 12.1. The minimum absolute atomic E-state index is 0.254. The van der Waals surface area contributed by atoms with Gasteiger partial charge in [0.1, 0.15) is 5.69 Å². The van der Waals surface area contributed by atoms with Crippen molar-refractivity contribution in [1.29, 1.82) is 0 Å². The molecule has 0 unspecified atom stereocenters. The maximum atomic E-state index is 12.1. The molecule has 0 saturated carbocycles. The Morgan fingerprint density at radius 1 is 1.38 bits per heavy atom. The van der Waals surface area contributed by atoms with Gasteiger partial charge >= 0.3 is 0 Å². The van der Waals surface area contributed by atoms with Crippen LogP contribution in [0.1, 0.15) is 29.4 Å². The number of rotatable bonds is 6. The molecule has 2 aromatic heterocycles. The molecule has 8 heteroatoms. The van der Waals surface area contributed by atoms with Crippen LogP contribution in [0.15, 0.2) is 31.0 Å². The summed E-state index contributed by atoms with van der Waals surface area (Å²) >= 11 is 0. The van der Waals surface area contributed by atoms with Crippen LogP contribution < -0.4 is 5.32 Å². The molecule has 2 atom stereocenters. The number of carbonyl (C=O) groups is 1. The molecular weight excluding hydrogens is 308 g/mol. The summed E-state index contributed by atoms with van der Waals surface area (Å²) in [5.41, 5.74) is 1.36. The number of carbonyl (C=O) groups excluding carboxylic acids is 1. The zero-order valence-corrected chi connectivity index (χ0v) is 13.7. The fourth-order valence-corrected chi connectivity index (χ4v) is 2.89. The molecular formula is C16H22N6O2. The number of amides is 1. The van der Waals surface area contributed by atoms with E-state index >= 15 is 0 Å². The number of aryl methyl sites for hydroxylation is 1. The van der Waals surface area contributed by atoms with Gasteiger partial charge in [0.25, 0.3) is 5.91 Å². The number of hydrogen-bond acceptors (Lipinski definition) is 6. The summed E-state index contributed by atoms with van der Waals surface area (Å²) in [4.78, 5) is 22.1. The first-order valence-electron chi connectivity index (χ1n) is 8.14. The molecule has 1 saturated heterocycles. The van der Waals surface area contributed by atoms with Gasteiger partial charge in [-0.25, -0.2) is 4.98 Å². The molecule has 24 heavy (non-hydrogen) atoms. The largest absolute Gasteiger partial charge is 0.390 e. The molecule has 2 aromatic rings. The van der Waals surface area contributed by atoms with Gasteiger partial charge in [-0.15, -0.1) is 0 Å². The molecule has 1 aliphatic rings. The Balaban J connectivity index is 1.55. The van der Waals surface area contributed by atoms with Gasteiger partial charge in [0, 0.05) is 50.3 Å². The SMILES string of the molecule is CCCn1cc(CN2C[C@@H](O)[C@H](NC(=O)c3cnccn3)C2)cn1. The van der Waals surface area contributed by atoms with Crippen molar-refractivity contribution in [1.82, 2.24) is 30.0 Å². The molecule has 3 rings (SSSR count). The highest BCUT2D eigenvalue weighted by Gasteiger charge is 2.32. The average molecular weight is 330 g/mol. The summed E-state index contributed by atoms with van der Waals surface area (Å²) in [7, 11) is 0. The van der Waals surface area contributed by atoms with Crippen molar-refractivity contribution >= 4 is 5.91 Å². The van der Waals surface area contributed by atoms with Crippen LogP contribution in [0.3, 0.4) is 0 Å². The topological polar surface area (TPSA) is 96.2 Å². The second-order valence-corrected chi connectivity index (χ2v) is 6.04. The number of hydrogen-bond donors (Lipinski definition) is 2. The van der Waals surface area contributed by atoms with Crippen LogP contribution in [0.2, 0.25) is 0 Å². The third-order valence-electron chi connectivity index (χ3n) is 4.02. The highest BCUT2D eigenvalue weighted by Crippen LogP contribution is 2.14. The van der Waals surface area contributed by atoms with Gasteiger partial charge in [-0.1, -0.05) is 6.92 Å². The normalized spacial score (nSPS) is 21.1. The lowest BCUT2D eigenvalue weighted by molar-refractivity contribution is 0.0883. The number of nitrogens with one attached hydrogen (secondary N) is 1. The monoisotopic (exact) mass is 330 g/mol. The van der Waals surface area contributed by atoms with Crippen LogP contribution in [0.4, 0.5) is 0 Å². The molecule has 0 radical (unpaired) electrons. The first-order valence-corrected chi connectivity index (χ1v) is 8.14. The number of aliphatic hydroxyl groups is 1. The summed E-state index contributed by atoms with van der Waals surface area (Å²) < 4.78 is 1.93. The van der Waals surface area contributed by atoms with Gasteiger partial charge in [-0.05, 0) is 6.42 Å². The lowest BCUT2D eigenvalue weighted by Crippen LogP contribution is -2.43. The van der Waals surface area contributed by atoms with E-state index in [-0.39, 0.29) is 17.6 Å². The fourth-order valence-electron chi connectivity index (χ4n) is 2.89. The minimum Gasteiger partial charge on any atom is -0.390 e. The number of aliphatic hydroxyl groups excluding tert-OH is 1. The van der Waals surface area contributed by atoms with Crippen molar-refractivity contribution < 1.29 is 9.90 Å².